The van der Waals surface area contributed by atoms with Gasteiger partial charge in [0.15, 0.2) is 0 Å². The van der Waals surface area contributed by atoms with Crippen LogP contribution in [-0.2, 0) is 24.7 Å². The van der Waals surface area contributed by atoms with Crippen LogP contribution in [0.5, 0.6) is 0 Å². The van der Waals surface area contributed by atoms with Crippen LogP contribution in [0.4, 0.5) is 0 Å². The zero-order valence-electron chi connectivity index (χ0n) is 10.1. The number of hydrogen-bond donors (Lipinski definition) is 1. The summed E-state index contributed by atoms with van der Waals surface area (Å²) in [6.07, 6.45) is 2.72. The van der Waals surface area contributed by atoms with Crippen LogP contribution in [0.2, 0.25) is 0 Å². The summed E-state index contributed by atoms with van der Waals surface area (Å²) >= 11 is 0. The summed E-state index contributed by atoms with van der Waals surface area (Å²) in [6, 6.07) is 0. The van der Waals surface area contributed by atoms with Crippen molar-refractivity contribution in [3.63, 3.8) is 0 Å². The smallest absolute Gasteiger partial charge is 0.318 e. The van der Waals surface area contributed by atoms with Crippen LogP contribution in [0.15, 0.2) is 0 Å². The molecule has 0 heterocycles. The van der Waals surface area contributed by atoms with Crippen molar-refractivity contribution in [1.82, 2.24) is 4.31 Å². The normalized spacial score (nSPS) is 17.0. The third kappa shape index (κ3) is 5.78. The Kier molecular flexibility index (Phi) is 4.73. The Balaban J connectivity index is 2.71. The molecule has 0 aromatic carbocycles. The molecule has 0 radical (unpaired) electrons. The maximum absolute atomic E-state index is 11.9. The fraction of sp³-hybridized carbons (Fsp3) is 0.889. The van der Waals surface area contributed by atoms with Crippen LogP contribution in [-0.4, -0.2) is 63.1 Å². The molecule has 0 aromatic heterocycles. The van der Waals surface area contributed by atoms with Gasteiger partial charge in [0.2, 0.25) is 10.0 Å². The Morgan fingerprint density at radius 3 is 2.17 bits per heavy atom. The molecule has 1 saturated carbocycles. The third-order valence-electron chi connectivity index (χ3n) is 2.58. The predicted molar refractivity (Wildman–Crippen MR) is 65.4 cm³/mol. The first-order valence-electron chi connectivity index (χ1n) is 5.47. The van der Waals surface area contributed by atoms with Crippen LogP contribution in [0.3, 0.4) is 0 Å². The molecule has 18 heavy (non-hydrogen) atoms. The Morgan fingerprint density at radius 1 is 1.22 bits per heavy atom. The first kappa shape index (κ1) is 15.4. The zero-order chi connectivity index (χ0) is 14.0. The second-order valence-corrected chi connectivity index (χ2v) is 8.92. The summed E-state index contributed by atoms with van der Waals surface area (Å²) in [6.45, 7) is -0.443. The summed E-state index contributed by atoms with van der Waals surface area (Å²) in [4.78, 5) is 10.6. The maximum Gasteiger partial charge on any atom is 0.318 e. The van der Waals surface area contributed by atoms with E-state index in [1.807, 2.05) is 0 Å². The highest BCUT2D eigenvalue weighted by molar-refractivity contribution is 7.93. The standard InChI is InChI=1S/C9H17NO6S2/c1-17(13,14)4-5-18(15,16)10(7-9(11)12)6-8-2-3-8/h8H,2-7H2,1H3,(H,11,12). The molecule has 1 N–H and O–H groups in total. The van der Waals surface area contributed by atoms with E-state index in [1.54, 1.807) is 0 Å². The predicted octanol–water partition coefficient (Wildman–Crippen LogP) is -0.843. The first-order chi connectivity index (χ1) is 8.10. The number of hydrogen-bond acceptors (Lipinski definition) is 5. The number of carboxylic acids is 1. The average molecular weight is 299 g/mol. The van der Waals surface area contributed by atoms with Gasteiger partial charge in [-0.05, 0) is 18.8 Å². The topological polar surface area (TPSA) is 109 Å². The van der Waals surface area contributed by atoms with Crippen molar-refractivity contribution in [2.75, 3.05) is 30.9 Å². The number of sulfonamides is 1. The third-order valence-corrected chi connectivity index (χ3v) is 5.56. The van der Waals surface area contributed by atoms with Crippen molar-refractivity contribution in [2.24, 2.45) is 5.92 Å². The van der Waals surface area contributed by atoms with Crippen molar-refractivity contribution >= 4 is 25.8 Å². The van der Waals surface area contributed by atoms with E-state index in [9.17, 15) is 21.6 Å². The maximum atomic E-state index is 11.9. The van der Waals surface area contributed by atoms with E-state index < -0.39 is 43.9 Å². The molecule has 1 fully saturated rings. The van der Waals surface area contributed by atoms with Gasteiger partial charge in [-0.15, -0.1) is 0 Å². The second-order valence-electron chi connectivity index (χ2n) is 4.58. The van der Waals surface area contributed by atoms with Crippen LogP contribution >= 0.6 is 0 Å². The lowest BCUT2D eigenvalue weighted by atomic mass is 10.4. The number of rotatable bonds is 8. The van der Waals surface area contributed by atoms with E-state index in [0.29, 0.717) is 0 Å². The lowest BCUT2D eigenvalue weighted by Gasteiger charge is -2.19. The summed E-state index contributed by atoms with van der Waals surface area (Å²) in [5, 5.41) is 8.68. The van der Waals surface area contributed by atoms with E-state index in [0.717, 1.165) is 23.4 Å². The Hall–Kier alpha value is -0.670. The Morgan fingerprint density at radius 2 is 1.78 bits per heavy atom. The minimum atomic E-state index is -3.83. The van der Waals surface area contributed by atoms with Crippen LogP contribution in [0, 0.1) is 5.92 Å². The van der Waals surface area contributed by atoms with Crippen molar-refractivity contribution in [1.29, 1.82) is 0 Å². The van der Waals surface area contributed by atoms with Crippen LogP contribution in [0.25, 0.3) is 0 Å². The van der Waals surface area contributed by atoms with E-state index in [-0.39, 0.29) is 12.5 Å². The number of nitrogens with zero attached hydrogens (tertiary/aromatic N) is 1. The Bertz CT molecular complexity index is 505. The Labute approximate surface area is 107 Å². The highest BCUT2D eigenvalue weighted by Gasteiger charge is 2.32. The van der Waals surface area contributed by atoms with E-state index in [2.05, 4.69) is 0 Å². The zero-order valence-corrected chi connectivity index (χ0v) is 11.7. The molecule has 0 amide bonds. The van der Waals surface area contributed by atoms with E-state index in [1.165, 1.54) is 0 Å². The van der Waals surface area contributed by atoms with Gasteiger partial charge >= 0.3 is 5.97 Å². The molecule has 1 rings (SSSR count). The number of carbonyl (C=O) groups is 1. The average Bonchev–Trinajstić information content (AvgIpc) is 2.96. The van der Waals surface area contributed by atoms with E-state index in [4.69, 9.17) is 5.11 Å². The summed E-state index contributed by atoms with van der Waals surface area (Å²) < 4.78 is 46.5. The fourth-order valence-corrected chi connectivity index (χ4v) is 4.46. The van der Waals surface area contributed by atoms with Gasteiger partial charge in [0.1, 0.15) is 16.4 Å². The highest BCUT2D eigenvalue weighted by atomic mass is 32.2. The minimum Gasteiger partial charge on any atom is -0.480 e. The van der Waals surface area contributed by atoms with Gasteiger partial charge in [-0.1, -0.05) is 0 Å². The molecular formula is C9H17NO6S2. The quantitative estimate of drug-likeness (QED) is 0.626. The summed E-state index contributed by atoms with van der Waals surface area (Å²) in [5.41, 5.74) is 0. The molecule has 7 nitrogen and oxygen atoms in total. The number of aliphatic carboxylic acids is 1. The molecule has 1 aliphatic rings. The van der Waals surface area contributed by atoms with Crippen molar-refractivity contribution in [3.05, 3.63) is 0 Å². The molecule has 9 heteroatoms. The van der Waals surface area contributed by atoms with E-state index >= 15 is 0 Å². The van der Waals surface area contributed by atoms with Crippen LogP contribution in [0.1, 0.15) is 12.8 Å². The molecule has 106 valence electrons. The van der Waals surface area contributed by atoms with Gasteiger partial charge in [0.05, 0.1) is 11.5 Å². The van der Waals surface area contributed by atoms with Crippen LogP contribution < -0.4 is 0 Å². The lowest BCUT2D eigenvalue weighted by Crippen LogP contribution is -2.39. The SMILES string of the molecule is CS(=O)(=O)CCS(=O)(=O)N(CC(=O)O)CC1CC1. The monoisotopic (exact) mass is 299 g/mol. The molecule has 0 saturated heterocycles. The molecule has 1 aliphatic carbocycles. The molecular weight excluding hydrogens is 282 g/mol. The van der Waals surface area contributed by atoms with Gasteiger partial charge < -0.3 is 5.11 Å². The van der Waals surface area contributed by atoms with Crippen molar-refractivity contribution in [2.45, 2.75) is 12.8 Å². The van der Waals surface area contributed by atoms with Crippen molar-refractivity contribution < 1.29 is 26.7 Å². The van der Waals surface area contributed by atoms with Gasteiger partial charge in [-0.2, -0.15) is 4.31 Å². The van der Waals surface area contributed by atoms with Gasteiger partial charge in [-0.25, -0.2) is 16.8 Å². The van der Waals surface area contributed by atoms with Gasteiger partial charge in [0.25, 0.3) is 0 Å². The van der Waals surface area contributed by atoms with Crippen molar-refractivity contribution in [3.8, 4) is 0 Å². The second kappa shape index (κ2) is 5.54. The summed E-state index contributed by atoms with van der Waals surface area (Å²) in [5.74, 6) is -2.09. The first-order valence-corrected chi connectivity index (χ1v) is 9.14. The number of carboxylic acid groups (broad SMARTS) is 1. The minimum absolute atomic E-state index is 0.165. The largest absolute Gasteiger partial charge is 0.480 e. The lowest BCUT2D eigenvalue weighted by molar-refractivity contribution is -0.137. The molecule has 0 spiro atoms. The highest BCUT2D eigenvalue weighted by Crippen LogP contribution is 2.30. The molecule has 0 aromatic rings. The summed E-state index contributed by atoms with van der Waals surface area (Å²) in [7, 11) is -7.22. The van der Waals surface area contributed by atoms with Gasteiger partial charge in [0, 0.05) is 12.8 Å². The molecule has 0 aliphatic heterocycles. The molecule has 0 atom stereocenters. The number of sulfone groups is 1. The molecule has 0 bridgehead atoms. The van der Waals surface area contributed by atoms with Gasteiger partial charge in [-0.3, -0.25) is 4.79 Å². The molecule has 0 unspecified atom stereocenters. The fourth-order valence-electron chi connectivity index (χ4n) is 1.40.